The van der Waals surface area contributed by atoms with E-state index >= 15 is 0 Å². The fraction of sp³-hybridized carbons (Fsp3) is 0.750. The van der Waals surface area contributed by atoms with Crippen molar-refractivity contribution in [2.45, 2.75) is 57.7 Å². The van der Waals surface area contributed by atoms with Crippen molar-refractivity contribution in [3.05, 3.63) is 20.8 Å². The molecule has 1 aliphatic carbocycles. The van der Waals surface area contributed by atoms with Gasteiger partial charge in [-0.1, -0.05) is 13.3 Å². The van der Waals surface area contributed by atoms with Crippen LogP contribution < -0.4 is 5.32 Å². The molecule has 0 bridgehead atoms. The summed E-state index contributed by atoms with van der Waals surface area (Å²) in [6.07, 6.45) is 5.41. The lowest BCUT2D eigenvalue weighted by Crippen LogP contribution is -2.63. The van der Waals surface area contributed by atoms with E-state index in [0.717, 1.165) is 19.0 Å². The lowest BCUT2D eigenvalue weighted by Gasteiger charge is -2.48. The van der Waals surface area contributed by atoms with Gasteiger partial charge < -0.3 is 5.32 Å². The molecule has 4 heteroatoms. The Bertz CT molecular complexity index is 457. The summed E-state index contributed by atoms with van der Waals surface area (Å²) in [5.41, 5.74) is 0.362. The Hall–Kier alpha value is 0.1000. The Kier molecular flexibility index (Phi) is 4.56. The van der Waals surface area contributed by atoms with Gasteiger partial charge in [0.15, 0.2) is 0 Å². The highest BCUT2D eigenvalue weighted by Gasteiger charge is 2.48. The highest BCUT2D eigenvalue weighted by Crippen LogP contribution is 2.45. The minimum atomic E-state index is 0.362. The van der Waals surface area contributed by atoms with Crippen molar-refractivity contribution in [3.8, 4) is 0 Å². The number of rotatable bonds is 5. The van der Waals surface area contributed by atoms with Crippen LogP contribution in [0.25, 0.3) is 0 Å². The van der Waals surface area contributed by atoms with E-state index in [1.165, 1.54) is 40.9 Å². The number of hydrogen-bond acceptors (Lipinski definition) is 3. The standard InChI is InChI=1S/C16H25BrN2S/c1-3-4-13-9-19(10-14-7-8-15(17)20-14)16(2,11-18-13)12-5-6-12/h7-8,12-13,18H,3-6,9-11H2,1-2H3. The van der Waals surface area contributed by atoms with Crippen LogP contribution in [-0.4, -0.2) is 29.6 Å². The number of piperazine rings is 1. The van der Waals surface area contributed by atoms with E-state index in [1.807, 2.05) is 11.3 Å². The smallest absolute Gasteiger partial charge is 0.0701 e. The number of nitrogens with one attached hydrogen (secondary N) is 1. The molecular weight excluding hydrogens is 332 g/mol. The van der Waals surface area contributed by atoms with Gasteiger partial charge in [0.1, 0.15) is 0 Å². The molecule has 2 unspecified atom stereocenters. The molecule has 1 saturated heterocycles. The first kappa shape index (κ1) is 15.0. The van der Waals surface area contributed by atoms with E-state index in [9.17, 15) is 0 Å². The fourth-order valence-electron chi connectivity index (χ4n) is 3.52. The third kappa shape index (κ3) is 3.13. The van der Waals surface area contributed by atoms with Crippen molar-refractivity contribution < 1.29 is 0 Å². The first-order valence-electron chi connectivity index (χ1n) is 7.84. The van der Waals surface area contributed by atoms with E-state index in [4.69, 9.17) is 0 Å². The summed E-state index contributed by atoms with van der Waals surface area (Å²) in [6.45, 7) is 8.25. The third-order valence-corrected chi connectivity index (χ3v) is 6.59. The Morgan fingerprint density at radius 2 is 2.25 bits per heavy atom. The maximum atomic E-state index is 3.81. The van der Waals surface area contributed by atoms with Gasteiger partial charge in [0.25, 0.3) is 0 Å². The third-order valence-electron chi connectivity index (χ3n) is 4.98. The summed E-state index contributed by atoms with van der Waals surface area (Å²) in [6, 6.07) is 5.13. The number of hydrogen-bond donors (Lipinski definition) is 1. The maximum absolute atomic E-state index is 3.81. The molecule has 0 aromatic carbocycles. The average Bonchev–Trinajstić information content (AvgIpc) is 3.19. The number of thiophene rings is 1. The summed E-state index contributed by atoms with van der Waals surface area (Å²) in [5, 5.41) is 3.81. The van der Waals surface area contributed by atoms with Gasteiger partial charge in [-0.3, -0.25) is 4.90 Å². The predicted molar refractivity (Wildman–Crippen MR) is 90.3 cm³/mol. The SMILES string of the molecule is CCCC1CN(Cc2ccc(Br)s2)C(C)(C2CC2)CN1. The molecule has 0 radical (unpaired) electrons. The fourth-order valence-corrected chi connectivity index (χ4v) is 5.02. The Morgan fingerprint density at radius 1 is 1.45 bits per heavy atom. The molecule has 112 valence electrons. The van der Waals surface area contributed by atoms with Gasteiger partial charge in [0.05, 0.1) is 3.79 Å². The zero-order chi connectivity index (χ0) is 14.2. The molecule has 2 aliphatic rings. The topological polar surface area (TPSA) is 15.3 Å². The van der Waals surface area contributed by atoms with Crippen molar-refractivity contribution in [2.24, 2.45) is 5.92 Å². The highest BCUT2D eigenvalue weighted by molar-refractivity contribution is 9.11. The minimum absolute atomic E-state index is 0.362. The molecule has 2 heterocycles. The van der Waals surface area contributed by atoms with Gasteiger partial charge in [0, 0.05) is 36.1 Å². The molecule has 20 heavy (non-hydrogen) atoms. The van der Waals surface area contributed by atoms with Gasteiger partial charge in [-0.2, -0.15) is 0 Å². The first-order valence-corrected chi connectivity index (χ1v) is 9.45. The second-order valence-corrected chi connectivity index (χ2v) is 9.13. The lowest BCUT2D eigenvalue weighted by molar-refractivity contribution is 0.0268. The molecule has 2 nitrogen and oxygen atoms in total. The Balaban J connectivity index is 1.74. The molecule has 0 spiro atoms. The molecule has 1 N–H and O–H groups in total. The zero-order valence-corrected chi connectivity index (χ0v) is 14.9. The molecule has 2 fully saturated rings. The number of nitrogens with zero attached hydrogens (tertiary/aromatic N) is 1. The van der Waals surface area contributed by atoms with Gasteiger partial charge in [-0.15, -0.1) is 11.3 Å². The van der Waals surface area contributed by atoms with Crippen LogP contribution in [0.1, 0.15) is 44.4 Å². The average molecular weight is 357 g/mol. The minimum Gasteiger partial charge on any atom is -0.311 e. The summed E-state index contributed by atoms with van der Waals surface area (Å²) in [4.78, 5) is 4.25. The monoisotopic (exact) mass is 356 g/mol. The van der Waals surface area contributed by atoms with Crippen LogP contribution >= 0.6 is 27.3 Å². The van der Waals surface area contributed by atoms with Crippen LogP contribution in [0, 0.1) is 5.92 Å². The maximum Gasteiger partial charge on any atom is 0.0701 e. The van der Waals surface area contributed by atoms with Crippen molar-refractivity contribution in [1.82, 2.24) is 10.2 Å². The van der Waals surface area contributed by atoms with Gasteiger partial charge in [0.2, 0.25) is 0 Å². The van der Waals surface area contributed by atoms with E-state index in [1.54, 1.807) is 0 Å². The van der Waals surface area contributed by atoms with Crippen LogP contribution in [0.15, 0.2) is 15.9 Å². The van der Waals surface area contributed by atoms with Crippen molar-refractivity contribution in [1.29, 1.82) is 0 Å². The molecule has 2 atom stereocenters. The summed E-state index contributed by atoms with van der Waals surface area (Å²) in [7, 11) is 0. The quantitative estimate of drug-likeness (QED) is 0.847. The second-order valence-electron chi connectivity index (χ2n) is 6.58. The van der Waals surface area contributed by atoms with Crippen LogP contribution in [0.5, 0.6) is 0 Å². The molecule has 1 aliphatic heterocycles. The Morgan fingerprint density at radius 3 is 2.85 bits per heavy atom. The van der Waals surface area contributed by atoms with Crippen LogP contribution in [0.2, 0.25) is 0 Å². The van der Waals surface area contributed by atoms with Crippen molar-refractivity contribution in [2.75, 3.05) is 13.1 Å². The normalized spacial score (nSPS) is 31.6. The highest BCUT2D eigenvalue weighted by atomic mass is 79.9. The van der Waals surface area contributed by atoms with E-state index in [2.05, 4.69) is 52.1 Å². The molecule has 1 saturated carbocycles. The molecule has 3 rings (SSSR count). The van der Waals surface area contributed by atoms with Crippen molar-refractivity contribution >= 4 is 27.3 Å². The summed E-state index contributed by atoms with van der Waals surface area (Å²) < 4.78 is 1.25. The van der Waals surface area contributed by atoms with Crippen LogP contribution in [0.4, 0.5) is 0 Å². The molecular formula is C16H25BrN2S. The van der Waals surface area contributed by atoms with E-state index in [-0.39, 0.29) is 0 Å². The largest absolute Gasteiger partial charge is 0.311 e. The summed E-state index contributed by atoms with van der Waals surface area (Å²) >= 11 is 5.47. The van der Waals surface area contributed by atoms with Crippen LogP contribution in [0.3, 0.4) is 0 Å². The zero-order valence-electron chi connectivity index (χ0n) is 12.5. The van der Waals surface area contributed by atoms with Gasteiger partial charge in [-0.05, 0) is 60.2 Å². The van der Waals surface area contributed by atoms with Gasteiger partial charge in [-0.25, -0.2) is 0 Å². The first-order chi connectivity index (χ1) is 9.61. The molecule has 0 amide bonds. The predicted octanol–water partition coefficient (Wildman–Crippen LogP) is 4.25. The van der Waals surface area contributed by atoms with E-state index < -0.39 is 0 Å². The van der Waals surface area contributed by atoms with E-state index in [0.29, 0.717) is 11.6 Å². The molecule has 1 aromatic heterocycles. The van der Waals surface area contributed by atoms with Gasteiger partial charge >= 0.3 is 0 Å². The second kappa shape index (κ2) is 6.07. The van der Waals surface area contributed by atoms with Crippen LogP contribution in [-0.2, 0) is 6.54 Å². The lowest BCUT2D eigenvalue weighted by atomic mass is 9.88. The Labute approximate surface area is 135 Å². The number of halogens is 1. The molecule has 1 aromatic rings. The van der Waals surface area contributed by atoms with Crippen molar-refractivity contribution in [3.63, 3.8) is 0 Å². The summed E-state index contributed by atoms with van der Waals surface area (Å²) in [5.74, 6) is 0.904.